The Morgan fingerprint density at radius 1 is 1.38 bits per heavy atom. The first kappa shape index (κ1) is 15.0. The quantitative estimate of drug-likeness (QED) is 0.602. The predicted molar refractivity (Wildman–Crippen MR) is 53.3 cm³/mol. The Balaban J connectivity index is 0. The fourth-order valence-electron chi connectivity index (χ4n) is 1.13. The second-order valence-corrected chi connectivity index (χ2v) is 2.87. The minimum absolute atomic E-state index is 0. The van der Waals surface area contributed by atoms with E-state index in [1.165, 1.54) is 32.1 Å². The zero-order valence-corrected chi connectivity index (χ0v) is 8.68. The van der Waals surface area contributed by atoms with Crippen LogP contribution in [0.4, 0.5) is 4.79 Å². The lowest BCUT2D eigenvalue weighted by atomic mass is 9.97. The predicted octanol–water partition coefficient (Wildman–Crippen LogP) is 2.01. The maximum absolute atomic E-state index is 9.15. The zero-order chi connectivity index (χ0) is 9.40. The highest BCUT2D eigenvalue weighted by atomic mass is 35.5. The SMILES string of the molecule is COC(=O)O.Cl.NC1CCCCC1. The first-order valence-electron chi connectivity index (χ1n) is 4.19. The molecule has 13 heavy (non-hydrogen) atoms. The van der Waals surface area contributed by atoms with Crippen LogP contribution >= 0.6 is 12.4 Å². The van der Waals surface area contributed by atoms with Crippen LogP contribution in [0.3, 0.4) is 0 Å². The van der Waals surface area contributed by atoms with E-state index < -0.39 is 6.16 Å². The average molecular weight is 212 g/mol. The normalized spacial score (nSPS) is 16.2. The third kappa shape index (κ3) is 11.5. The van der Waals surface area contributed by atoms with Gasteiger partial charge in [0.05, 0.1) is 7.11 Å². The van der Waals surface area contributed by atoms with E-state index in [1.807, 2.05) is 0 Å². The van der Waals surface area contributed by atoms with Gasteiger partial charge >= 0.3 is 6.16 Å². The number of hydrogen-bond donors (Lipinski definition) is 2. The Hall–Kier alpha value is -0.480. The van der Waals surface area contributed by atoms with E-state index in [1.54, 1.807) is 0 Å². The Morgan fingerprint density at radius 2 is 1.77 bits per heavy atom. The third-order valence-corrected chi connectivity index (χ3v) is 1.82. The van der Waals surface area contributed by atoms with Crippen molar-refractivity contribution in [1.29, 1.82) is 0 Å². The number of halogens is 1. The van der Waals surface area contributed by atoms with Crippen LogP contribution in [0.1, 0.15) is 32.1 Å². The van der Waals surface area contributed by atoms with Crippen molar-refractivity contribution in [2.45, 2.75) is 38.1 Å². The maximum atomic E-state index is 9.15. The largest absolute Gasteiger partial charge is 0.505 e. The summed E-state index contributed by atoms with van der Waals surface area (Å²) in [5.41, 5.74) is 5.63. The summed E-state index contributed by atoms with van der Waals surface area (Å²) in [6, 6.07) is 0.536. The van der Waals surface area contributed by atoms with Crippen molar-refractivity contribution in [1.82, 2.24) is 0 Å². The molecule has 0 radical (unpaired) electrons. The van der Waals surface area contributed by atoms with Crippen molar-refractivity contribution in [2.24, 2.45) is 5.73 Å². The second-order valence-electron chi connectivity index (χ2n) is 2.87. The maximum Gasteiger partial charge on any atom is 0.505 e. The van der Waals surface area contributed by atoms with Gasteiger partial charge in [-0.2, -0.15) is 0 Å². The molecular formula is C8H18ClNO3. The summed E-state index contributed by atoms with van der Waals surface area (Å²) in [6.07, 6.45) is 5.42. The molecule has 0 spiro atoms. The van der Waals surface area contributed by atoms with Crippen molar-refractivity contribution in [2.75, 3.05) is 7.11 Å². The molecule has 3 N–H and O–H groups in total. The van der Waals surface area contributed by atoms with Crippen molar-refractivity contribution in [3.05, 3.63) is 0 Å². The molecule has 0 unspecified atom stereocenters. The van der Waals surface area contributed by atoms with E-state index in [2.05, 4.69) is 4.74 Å². The zero-order valence-electron chi connectivity index (χ0n) is 7.86. The smallest absolute Gasteiger partial charge is 0.450 e. The van der Waals surface area contributed by atoms with Crippen LogP contribution in [0.5, 0.6) is 0 Å². The van der Waals surface area contributed by atoms with Crippen molar-refractivity contribution in [3.8, 4) is 0 Å². The van der Waals surface area contributed by atoms with Gasteiger partial charge in [0.2, 0.25) is 0 Å². The average Bonchev–Trinajstić information content (AvgIpc) is 2.07. The summed E-state index contributed by atoms with van der Waals surface area (Å²) in [5.74, 6) is 0. The Kier molecular flexibility index (Phi) is 11.1. The number of rotatable bonds is 0. The summed E-state index contributed by atoms with van der Waals surface area (Å²) in [5, 5.41) is 7.50. The number of nitrogens with two attached hydrogens (primary N) is 1. The number of carboxylic acid groups (broad SMARTS) is 1. The first-order chi connectivity index (χ1) is 5.66. The van der Waals surface area contributed by atoms with Crippen LogP contribution in [0.15, 0.2) is 0 Å². The van der Waals surface area contributed by atoms with Crippen molar-refractivity contribution in [3.63, 3.8) is 0 Å². The molecule has 1 aliphatic rings. The summed E-state index contributed by atoms with van der Waals surface area (Å²) in [7, 11) is 1.10. The van der Waals surface area contributed by atoms with Crippen LogP contribution in [0, 0.1) is 0 Å². The number of ether oxygens (including phenoxy) is 1. The van der Waals surface area contributed by atoms with E-state index in [9.17, 15) is 0 Å². The fraction of sp³-hybridized carbons (Fsp3) is 0.875. The summed E-state index contributed by atoms with van der Waals surface area (Å²) >= 11 is 0. The summed E-state index contributed by atoms with van der Waals surface area (Å²) in [4.78, 5) is 9.15. The lowest BCUT2D eigenvalue weighted by Crippen LogP contribution is -2.22. The van der Waals surface area contributed by atoms with Crippen LogP contribution in [-0.2, 0) is 4.74 Å². The molecule has 0 heterocycles. The molecule has 1 saturated carbocycles. The number of hydrogen-bond acceptors (Lipinski definition) is 3. The molecule has 0 aliphatic heterocycles. The second kappa shape index (κ2) is 9.61. The van der Waals surface area contributed by atoms with Gasteiger partial charge in [-0.05, 0) is 12.8 Å². The van der Waals surface area contributed by atoms with E-state index in [4.69, 9.17) is 15.6 Å². The van der Waals surface area contributed by atoms with Crippen molar-refractivity contribution < 1.29 is 14.6 Å². The molecule has 0 aromatic rings. The number of carbonyl (C=O) groups is 1. The number of methoxy groups -OCH3 is 1. The summed E-state index contributed by atoms with van der Waals surface area (Å²) in [6.45, 7) is 0. The molecule has 5 heteroatoms. The van der Waals surface area contributed by atoms with Gasteiger partial charge in [0, 0.05) is 6.04 Å². The minimum atomic E-state index is -1.25. The lowest BCUT2D eigenvalue weighted by molar-refractivity contribution is 0.114. The Bertz CT molecular complexity index is 127. The van der Waals surface area contributed by atoms with Gasteiger partial charge in [-0.15, -0.1) is 12.4 Å². The molecule has 1 rings (SSSR count). The van der Waals surface area contributed by atoms with Crippen LogP contribution in [0.2, 0.25) is 0 Å². The van der Waals surface area contributed by atoms with Crippen LogP contribution in [-0.4, -0.2) is 24.4 Å². The first-order valence-corrected chi connectivity index (χ1v) is 4.19. The molecule has 1 fully saturated rings. The molecule has 0 saturated heterocycles. The van der Waals surface area contributed by atoms with E-state index in [0.717, 1.165) is 7.11 Å². The van der Waals surface area contributed by atoms with Crippen LogP contribution in [0.25, 0.3) is 0 Å². The monoisotopic (exact) mass is 211 g/mol. The molecule has 1 aliphatic carbocycles. The van der Waals surface area contributed by atoms with Gasteiger partial charge in [0.15, 0.2) is 0 Å². The Labute approximate surface area is 84.9 Å². The van der Waals surface area contributed by atoms with E-state index in [0.29, 0.717) is 6.04 Å². The third-order valence-electron chi connectivity index (χ3n) is 1.82. The molecule has 0 atom stereocenters. The highest BCUT2D eigenvalue weighted by Crippen LogP contribution is 2.14. The molecular weight excluding hydrogens is 194 g/mol. The molecule has 0 bridgehead atoms. The molecule has 0 aromatic heterocycles. The Morgan fingerprint density at radius 3 is 1.92 bits per heavy atom. The standard InChI is InChI=1S/C6H13N.C2H4O3.ClH/c7-6-4-2-1-3-5-6;1-5-2(3)4;/h6H,1-5,7H2;1H3,(H,3,4);1H. The van der Waals surface area contributed by atoms with Crippen molar-refractivity contribution >= 4 is 18.6 Å². The highest BCUT2D eigenvalue weighted by molar-refractivity contribution is 5.85. The minimum Gasteiger partial charge on any atom is -0.450 e. The lowest BCUT2D eigenvalue weighted by Gasteiger charge is -2.15. The van der Waals surface area contributed by atoms with Crippen LogP contribution < -0.4 is 5.73 Å². The van der Waals surface area contributed by atoms with Gasteiger partial charge in [0.25, 0.3) is 0 Å². The molecule has 0 aromatic carbocycles. The van der Waals surface area contributed by atoms with E-state index >= 15 is 0 Å². The van der Waals surface area contributed by atoms with Gasteiger partial charge in [0.1, 0.15) is 0 Å². The molecule has 0 amide bonds. The molecule has 4 nitrogen and oxygen atoms in total. The molecule has 80 valence electrons. The van der Waals surface area contributed by atoms with Gasteiger partial charge in [-0.1, -0.05) is 19.3 Å². The van der Waals surface area contributed by atoms with Gasteiger partial charge in [-0.25, -0.2) is 4.79 Å². The summed E-state index contributed by atoms with van der Waals surface area (Å²) < 4.78 is 3.67. The van der Waals surface area contributed by atoms with E-state index in [-0.39, 0.29) is 12.4 Å². The van der Waals surface area contributed by atoms with Gasteiger partial charge in [-0.3, -0.25) is 0 Å². The topological polar surface area (TPSA) is 72.5 Å². The highest BCUT2D eigenvalue weighted by Gasteiger charge is 2.06. The fourth-order valence-corrected chi connectivity index (χ4v) is 1.13. The van der Waals surface area contributed by atoms with Gasteiger partial charge < -0.3 is 15.6 Å².